The molecule has 0 spiro atoms. The fourth-order valence-corrected chi connectivity index (χ4v) is 4.97. The van der Waals surface area contributed by atoms with E-state index in [9.17, 15) is 4.79 Å². The molecule has 45 heavy (non-hydrogen) atoms. The van der Waals surface area contributed by atoms with Crippen LogP contribution in [0.15, 0.2) is 90.8 Å². The van der Waals surface area contributed by atoms with E-state index >= 15 is 0 Å². The van der Waals surface area contributed by atoms with Crippen molar-refractivity contribution in [2.24, 2.45) is 5.73 Å². The number of Topliss-reactive ketones (excluding diaryl/α,β-unsaturated/α-hetero) is 1. The first-order chi connectivity index (χ1) is 20.6. The Morgan fingerprint density at radius 2 is 1.44 bits per heavy atom. The maximum Gasteiger partial charge on any atom is 0.173 e. The molecule has 0 aliphatic carbocycles. The van der Waals surface area contributed by atoms with Gasteiger partial charge in [-0.05, 0) is 80.4 Å². The highest BCUT2D eigenvalue weighted by Gasteiger charge is 2.09. The highest BCUT2D eigenvalue weighted by atomic mass is 79.9. The standard InChI is InChI=1S/C15H11ClN2S.C8H6BrClO.C7H8N2S.C2H6O.CH4.BrH/c1-10-6-7-17-8-13(10)15-18-14(9-19-15)11-2-4-12(16)5-3-11;9-5-8(11)6-1-3-7(10)4-2-6;1-5-2-3-9-4-6(5)7(8)10;1-2-3;;/h2-9H,1H3;1-4H,5H2;2-4H,1H3,(H2,8,10);3H,2H2,1H3;1H4;1H. The normalized spacial score (nSPS) is 9.31. The SMILES string of the molecule is Br.C.CCO.Cc1ccncc1-c1nc(-c2ccc(Cl)cc2)cs1.Cc1ccncc1C(N)=S.O=C(CBr)c1ccc(Cl)cc1. The summed E-state index contributed by atoms with van der Waals surface area (Å²) in [5.74, 6) is 0.0710. The van der Waals surface area contributed by atoms with Gasteiger partial charge in [0.25, 0.3) is 0 Å². The van der Waals surface area contributed by atoms with Gasteiger partial charge in [0.1, 0.15) is 10.00 Å². The van der Waals surface area contributed by atoms with Crippen molar-refractivity contribution in [1.82, 2.24) is 15.0 Å². The van der Waals surface area contributed by atoms with E-state index in [0.717, 1.165) is 38.0 Å². The van der Waals surface area contributed by atoms with Crippen molar-refractivity contribution in [3.05, 3.63) is 123 Å². The molecule has 5 aromatic rings. The van der Waals surface area contributed by atoms with Crippen LogP contribution < -0.4 is 5.73 Å². The summed E-state index contributed by atoms with van der Waals surface area (Å²) >= 11 is 21.0. The minimum Gasteiger partial charge on any atom is -0.397 e. The number of carbonyl (C=O) groups is 1. The Labute approximate surface area is 304 Å². The highest BCUT2D eigenvalue weighted by molar-refractivity contribution is 9.09. The molecule has 0 aliphatic rings. The molecule has 0 fully saturated rings. The molecule has 240 valence electrons. The molecule has 2 aromatic carbocycles. The van der Waals surface area contributed by atoms with Gasteiger partial charge < -0.3 is 10.8 Å². The number of halogens is 4. The van der Waals surface area contributed by atoms with Gasteiger partial charge in [-0.15, -0.1) is 28.3 Å². The highest BCUT2D eigenvalue weighted by Crippen LogP contribution is 2.30. The van der Waals surface area contributed by atoms with Crippen molar-refractivity contribution in [2.75, 3.05) is 11.9 Å². The minimum atomic E-state index is 0. The summed E-state index contributed by atoms with van der Waals surface area (Å²) in [6.07, 6.45) is 7.06. The number of thiazole rings is 1. The van der Waals surface area contributed by atoms with Crippen molar-refractivity contribution in [3.63, 3.8) is 0 Å². The zero-order valence-electron chi connectivity index (χ0n) is 24.2. The van der Waals surface area contributed by atoms with Crippen LogP contribution in [-0.2, 0) is 0 Å². The molecular formula is C33H36Br2Cl2N4O2S2. The Hall–Kier alpha value is -2.57. The number of aromatic nitrogens is 3. The number of aliphatic hydroxyl groups excluding tert-OH is 1. The van der Waals surface area contributed by atoms with Gasteiger partial charge in [0.15, 0.2) is 5.78 Å². The maximum absolute atomic E-state index is 11.0. The number of aryl methyl sites for hydroxylation is 2. The Morgan fingerprint density at radius 1 is 0.933 bits per heavy atom. The largest absolute Gasteiger partial charge is 0.397 e. The van der Waals surface area contributed by atoms with Crippen LogP contribution >= 0.6 is 79.7 Å². The molecule has 3 aromatic heterocycles. The predicted octanol–water partition coefficient (Wildman–Crippen LogP) is 9.99. The van der Waals surface area contributed by atoms with Crippen LogP contribution in [0.3, 0.4) is 0 Å². The number of nitrogens with two attached hydrogens (primary N) is 1. The van der Waals surface area contributed by atoms with Gasteiger partial charge >= 0.3 is 0 Å². The van der Waals surface area contributed by atoms with Crippen molar-refractivity contribution in [3.8, 4) is 21.8 Å². The molecule has 0 amide bonds. The van der Waals surface area contributed by atoms with Gasteiger partial charge in [-0.25, -0.2) is 4.98 Å². The van der Waals surface area contributed by atoms with E-state index in [1.54, 1.807) is 61.1 Å². The monoisotopic (exact) mass is 812 g/mol. The number of aliphatic hydroxyl groups is 1. The number of carbonyl (C=O) groups excluding carboxylic acids is 1. The molecule has 3 N–H and O–H groups in total. The van der Waals surface area contributed by atoms with Crippen molar-refractivity contribution < 1.29 is 9.90 Å². The van der Waals surface area contributed by atoms with Crippen LogP contribution in [0.25, 0.3) is 21.8 Å². The van der Waals surface area contributed by atoms with Gasteiger partial charge in [0.2, 0.25) is 0 Å². The second kappa shape index (κ2) is 22.9. The summed E-state index contributed by atoms with van der Waals surface area (Å²) < 4.78 is 0. The van der Waals surface area contributed by atoms with E-state index in [1.165, 1.54) is 5.56 Å². The number of hydrogen-bond donors (Lipinski definition) is 2. The van der Waals surface area contributed by atoms with Crippen LogP contribution in [0.1, 0.15) is 41.4 Å². The molecular weight excluding hydrogens is 779 g/mol. The van der Waals surface area contributed by atoms with Gasteiger partial charge in [-0.1, -0.05) is 70.9 Å². The molecule has 0 unspecified atom stereocenters. The first kappa shape index (κ1) is 42.4. The Morgan fingerprint density at radius 3 is 1.91 bits per heavy atom. The smallest absolute Gasteiger partial charge is 0.173 e. The average molecular weight is 816 g/mol. The molecule has 0 aliphatic heterocycles. The van der Waals surface area contributed by atoms with E-state index in [0.29, 0.717) is 20.9 Å². The first-order valence-corrected chi connectivity index (χ1v) is 16.1. The number of ketones is 1. The van der Waals surface area contributed by atoms with E-state index in [1.807, 2.05) is 49.5 Å². The third-order valence-electron chi connectivity index (χ3n) is 5.51. The number of benzene rings is 2. The zero-order chi connectivity index (χ0) is 31.8. The van der Waals surface area contributed by atoms with Crippen LogP contribution in [0.5, 0.6) is 0 Å². The number of alkyl halides is 1. The molecule has 6 nitrogen and oxygen atoms in total. The number of nitrogens with zero attached hydrogens (tertiary/aromatic N) is 3. The fraction of sp³-hybridized carbons (Fsp3) is 0.182. The van der Waals surface area contributed by atoms with Crippen LogP contribution in [-0.4, -0.2) is 42.8 Å². The topological polar surface area (TPSA) is 102 Å². The molecule has 0 radical (unpaired) electrons. The first-order valence-electron chi connectivity index (χ1n) is 12.9. The summed E-state index contributed by atoms with van der Waals surface area (Å²) in [5, 5.41) is 12.4. The molecule has 0 atom stereocenters. The average Bonchev–Trinajstić information content (AvgIpc) is 3.49. The summed E-state index contributed by atoms with van der Waals surface area (Å²) in [6.45, 7) is 5.95. The number of rotatable bonds is 5. The van der Waals surface area contributed by atoms with E-state index < -0.39 is 0 Å². The molecule has 0 saturated carbocycles. The predicted molar refractivity (Wildman–Crippen MR) is 205 cm³/mol. The lowest BCUT2D eigenvalue weighted by molar-refractivity contribution is 0.102. The maximum atomic E-state index is 11.0. The van der Waals surface area contributed by atoms with Crippen LogP contribution in [0.2, 0.25) is 10.0 Å². The number of hydrogen-bond acceptors (Lipinski definition) is 7. The Bertz CT molecular complexity index is 1600. The van der Waals surface area contributed by atoms with Crippen LogP contribution in [0.4, 0.5) is 0 Å². The summed E-state index contributed by atoms with van der Waals surface area (Å²) in [6, 6.07) is 18.4. The van der Waals surface area contributed by atoms with Gasteiger partial charge in [-0.2, -0.15) is 0 Å². The number of thiocarbonyl (C=S) groups is 1. The Kier molecular flexibility index (Phi) is 21.6. The molecule has 5 rings (SSSR count). The van der Waals surface area contributed by atoms with Crippen molar-refractivity contribution in [1.29, 1.82) is 0 Å². The second-order valence-electron chi connectivity index (χ2n) is 8.67. The van der Waals surface area contributed by atoms with Gasteiger partial charge in [0, 0.05) is 69.1 Å². The van der Waals surface area contributed by atoms with E-state index in [-0.39, 0.29) is 36.8 Å². The molecule has 0 bridgehead atoms. The summed E-state index contributed by atoms with van der Waals surface area (Å²) in [7, 11) is 0. The Balaban J connectivity index is 0.000000644. The molecule has 0 saturated heterocycles. The van der Waals surface area contributed by atoms with Gasteiger partial charge in [0.05, 0.1) is 11.0 Å². The lowest BCUT2D eigenvalue weighted by Gasteiger charge is -2.00. The second-order valence-corrected chi connectivity index (χ2v) is 11.4. The zero-order valence-corrected chi connectivity index (χ0v) is 30.7. The van der Waals surface area contributed by atoms with Crippen LogP contribution in [0, 0.1) is 13.8 Å². The summed E-state index contributed by atoms with van der Waals surface area (Å²) in [5.41, 5.74) is 12.3. The molecule has 3 heterocycles. The van der Waals surface area contributed by atoms with Crippen molar-refractivity contribution >= 4 is 90.4 Å². The van der Waals surface area contributed by atoms with Gasteiger partial charge in [-0.3, -0.25) is 14.8 Å². The third-order valence-corrected chi connectivity index (χ3v) is 7.61. The lowest BCUT2D eigenvalue weighted by Crippen LogP contribution is -2.11. The van der Waals surface area contributed by atoms with E-state index in [2.05, 4.69) is 43.2 Å². The van der Waals surface area contributed by atoms with E-state index in [4.69, 9.17) is 46.3 Å². The summed E-state index contributed by atoms with van der Waals surface area (Å²) in [4.78, 5) is 24.2. The van der Waals surface area contributed by atoms with Crippen molar-refractivity contribution in [2.45, 2.75) is 28.2 Å². The minimum absolute atomic E-state index is 0. The fourth-order valence-electron chi connectivity index (χ4n) is 3.27. The third kappa shape index (κ3) is 14.6. The molecule has 12 heteroatoms. The quantitative estimate of drug-likeness (QED) is 0.104. The number of pyridine rings is 2. The lowest BCUT2D eigenvalue weighted by atomic mass is 10.1.